The van der Waals surface area contributed by atoms with E-state index in [1.165, 1.54) is 0 Å². The van der Waals surface area contributed by atoms with Crippen molar-refractivity contribution in [1.29, 1.82) is 0 Å². The van der Waals surface area contributed by atoms with Gasteiger partial charge in [0.15, 0.2) is 14.1 Å². The Bertz CT molecular complexity index is 2060. The fourth-order valence-electron chi connectivity index (χ4n) is 6.51. The monoisotopic (exact) mass is 990 g/mol. The number of benzene rings is 3. The van der Waals surface area contributed by atoms with Gasteiger partial charge in [-0.3, -0.25) is 4.79 Å². The molecule has 16 heteroatoms. The van der Waals surface area contributed by atoms with Crippen LogP contribution in [-0.4, -0.2) is 58.4 Å². The summed E-state index contributed by atoms with van der Waals surface area (Å²) in [5.41, 5.74) is 0.956. The van der Waals surface area contributed by atoms with Crippen molar-refractivity contribution in [2.75, 3.05) is 6.61 Å². The fourth-order valence-corrected chi connectivity index (χ4v) is 12.3. The molecule has 5 atom stereocenters. The number of Topliss-reactive ketones (excluding diaryl/α,β-unsaturated/α-hetero) is 1. The summed E-state index contributed by atoms with van der Waals surface area (Å²) < 4.78 is 65.0. The summed E-state index contributed by atoms with van der Waals surface area (Å²) in [6, 6.07) is 29.4. The predicted octanol–water partition coefficient (Wildman–Crippen LogP) is 6.07. The summed E-state index contributed by atoms with van der Waals surface area (Å²) in [5.74, 6) is 9.54. The largest absolute Gasteiger partial charge is 0 e. The first-order valence-corrected chi connectivity index (χ1v) is 23.2. The second kappa shape index (κ2) is 33.0. The standard InChI is InChI=1S/C42H48O6Si2.6CO.2Co/c1-41(2,3)49(7,8)48-39-37(44)36-34(38(39)47-40(45)31-20-12-9-13-21-31)28-27-30(19-18-26-35(36)43)29-46-50(42(4,5)6,32-22-14-10-15-23-32)33-24-16-11-17-25-33;6*1-2;;/h9-17,19-25,34-36,38-39,43H,29H2,1-8H3;;;;;;;;/b30-19+;;;;;;;;/t34-,35+,36-,38-,39-;;;;;;;;/m0......../s1. The van der Waals surface area contributed by atoms with Crippen LogP contribution in [0.4, 0.5) is 0 Å². The smallest absolute Gasteiger partial charge is 0 e. The quantitative estimate of drug-likeness (QED) is 0.0886. The second-order valence-electron chi connectivity index (χ2n) is 15.6. The summed E-state index contributed by atoms with van der Waals surface area (Å²) in [4.78, 5) is 27.7. The molecule has 2 aliphatic carbocycles. The Labute approximate surface area is 399 Å². The minimum Gasteiger partial charge on any atom is 0 e. The fraction of sp³-hybridized carbons (Fsp3) is 0.333. The summed E-state index contributed by atoms with van der Waals surface area (Å²) in [5, 5.41) is 13.2. The first kappa shape index (κ1) is 66.0. The molecule has 0 heterocycles. The van der Waals surface area contributed by atoms with Crippen molar-refractivity contribution in [2.24, 2.45) is 11.8 Å². The molecule has 0 unspecified atom stereocenters. The zero-order valence-corrected chi connectivity index (χ0v) is 40.5. The Kier molecular flexibility index (Phi) is 34.0. The van der Waals surface area contributed by atoms with Crippen LogP contribution in [0.25, 0.3) is 0 Å². The van der Waals surface area contributed by atoms with E-state index in [1.54, 1.807) is 30.3 Å². The first-order chi connectivity index (χ1) is 29.6. The summed E-state index contributed by atoms with van der Waals surface area (Å²) >= 11 is 0. The third-order valence-corrected chi connectivity index (χ3v) is 19.6. The van der Waals surface area contributed by atoms with Gasteiger partial charge in [-0.1, -0.05) is 144 Å². The molecule has 12 nitrogen and oxygen atoms in total. The summed E-state index contributed by atoms with van der Waals surface area (Å²) in [7, 11) is -5.44. The zero-order chi connectivity index (χ0) is 48.3. The van der Waals surface area contributed by atoms with Gasteiger partial charge >= 0.3 is 73.8 Å². The molecule has 1 saturated carbocycles. The maximum absolute atomic E-state index is 14.2. The van der Waals surface area contributed by atoms with E-state index in [2.05, 4.69) is 129 Å². The average Bonchev–Trinajstić information content (AvgIpc) is 3.58. The van der Waals surface area contributed by atoms with Crippen LogP contribution in [0.15, 0.2) is 103 Å². The Balaban J connectivity index is -0.00000119. The van der Waals surface area contributed by atoms with Gasteiger partial charge in [-0.2, -0.15) is 0 Å². The van der Waals surface area contributed by atoms with Crippen LogP contribution in [0.1, 0.15) is 51.9 Å². The van der Waals surface area contributed by atoms with Crippen molar-refractivity contribution in [2.45, 2.75) is 83.0 Å². The molecule has 0 spiro atoms. The van der Waals surface area contributed by atoms with Gasteiger partial charge < -0.3 is 18.7 Å². The molecule has 0 bridgehead atoms. The number of hydrogen-bond acceptors (Lipinski definition) is 6. The van der Waals surface area contributed by atoms with Crippen LogP contribution in [-0.2, 0) is 79.9 Å². The van der Waals surface area contributed by atoms with Crippen LogP contribution in [0.3, 0.4) is 0 Å². The van der Waals surface area contributed by atoms with Gasteiger partial charge in [0.05, 0.1) is 24.0 Å². The SMILES string of the molecule is CC(C)(C)[Si](C)(C)O[C@H]1C(=O)[C@H]2[C@H](C#C/C(CO[Si](c3ccccc3)(c3ccccc3)C(C)(C)C)=C\C#C[C@H]2O)[C@@H]1OC(=O)c1ccccc1.[C-]#[O+].[C-]#[O+].[C-]#[O+].[C-]#[O+].[C-]#[O+].[C-]#[O+].[Co].[Co]. The van der Waals surface area contributed by atoms with Crippen molar-refractivity contribution in [1.82, 2.24) is 0 Å². The molecule has 0 amide bonds. The van der Waals surface area contributed by atoms with Crippen molar-refractivity contribution in [3.05, 3.63) is 148 Å². The number of aliphatic hydroxyl groups excluding tert-OH is 1. The Morgan fingerprint density at radius 1 is 0.688 bits per heavy atom. The van der Waals surface area contributed by atoms with E-state index >= 15 is 0 Å². The van der Waals surface area contributed by atoms with Gasteiger partial charge in [0.1, 0.15) is 18.3 Å². The summed E-state index contributed by atoms with van der Waals surface area (Å²) in [6.07, 6.45) is -1.81. The molecule has 0 aromatic heterocycles. The first-order valence-electron chi connectivity index (χ1n) is 18.4. The molecule has 338 valence electrons. The molecule has 0 aliphatic heterocycles. The molecular formula is C48H48Co2O12Si2. The second-order valence-corrected chi connectivity index (χ2v) is 24.7. The molecule has 2 radical (unpaired) electrons. The van der Waals surface area contributed by atoms with Crippen LogP contribution in [0.2, 0.25) is 23.2 Å². The van der Waals surface area contributed by atoms with Gasteiger partial charge in [0.2, 0.25) is 0 Å². The van der Waals surface area contributed by atoms with Gasteiger partial charge in [-0.05, 0) is 45.7 Å². The third-order valence-electron chi connectivity index (χ3n) is 10.2. The number of fused-ring (bicyclic) bond motifs is 1. The number of allylic oxidation sites excluding steroid dienone is 1. The number of hydrogen-bond donors (Lipinski definition) is 1. The molecular weight excluding hydrogens is 943 g/mol. The average molecular weight is 991 g/mol. The van der Waals surface area contributed by atoms with Crippen molar-refractivity contribution in [3.8, 4) is 23.7 Å². The molecule has 0 saturated heterocycles. The van der Waals surface area contributed by atoms with Crippen LogP contribution >= 0.6 is 0 Å². The van der Waals surface area contributed by atoms with Gasteiger partial charge in [-0.15, -0.1) is 0 Å². The molecule has 2 aliphatic rings. The molecule has 1 fully saturated rings. The molecule has 3 aromatic carbocycles. The molecule has 64 heavy (non-hydrogen) atoms. The number of ketones is 1. The number of aliphatic hydroxyl groups is 1. The minimum absolute atomic E-state index is 0. The number of rotatable bonds is 9. The van der Waals surface area contributed by atoms with Crippen LogP contribution in [0, 0.1) is 75.4 Å². The maximum Gasteiger partial charge on any atom is 0 e. The van der Waals surface area contributed by atoms with Crippen LogP contribution < -0.4 is 10.4 Å². The van der Waals surface area contributed by atoms with E-state index in [0.29, 0.717) is 11.1 Å². The molecule has 5 rings (SSSR count). The Hall–Kier alpha value is -4.57. The van der Waals surface area contributed by atoms with E-state index in [9.17, 15) is 14.7 Å². The van der Waals surface area contributed by atoms with Crippen LogP contribution in [0.5, 0.6) is 0 Å². The van der Waals surface area contributed by atoms with Crippen molar-refractivity contribution in [3.63, 3.8) is 0 Å². The minimum atomic E-state index is -2.90. The van der Waals surface area contributed by atoms with Gasteiger partial charge in [0, 0.05) is 45.2 Å². The van der Waals surface area contributed by atoms with Crippen molar-refractivity contribution < 1.29 is 89.8 Å². The number of carbonyl (C=O) groups excluding carboxylic acids is 2. The van der Waals surface area contributed by atoms with Crippen molar-refractivity contribution >= 4 is 38.8 Å². The number of carbonyl (C=O) groups is 2. The number of esters is 1. The summed E-state index contributed by atoms with van der Waals surface area (Å²) in [6.45, 7) is 44.1. The number of ether oxygens (including phenoxy) is 1. The predicted molar refractivity (Wildman–Crippen MR) is 226 cm³/mol. The topological polar surface area (TPSA) is 201 Å². The zero-order valence-electron chi connectivity index (χ0n) is 36.4. The maximum atomic E-state index is 14.2. The molecule has 1 N–H and O–H groups in total. The normalized spacial score (nSPS) is 18.5. The van der Waals surface area contributed by atoms with E-state index in [1.807, 2.05) is 55.6 Å². The van der Waals surface area contributed by atoms with E-state index in [-0.39, 0.29) is 56.0 Å². The van der Waals surface area contributed by atoms with Gasteiger partial charge in [0.25, 0.3) is 8.32 Å². The molecule has 3 aromatic rings. The Morgan fingerprint density at radius 2 is 1.11 bits per heavy atom. The van der Waals surface area contributed by atoms with Gasteiger partial charge in [-0.25, -0.2) is 4.79 Å². The third kappa shape index (κ3) is 17.1. The Morgan fingerprint density at radius 3 is 1.52 bits per heavy atom. The van der Waals surface area contributed by atoms with E-state index < -0.39 is 52.8 Å². The van der Waals surface area contributed by atoms with E-state index in [0.717, 1.165) is 10.4 Å². The van der Waals surface area contributed by atoms with E-state index in [4.69, 9.17) is 41.5 Å².